The molecule has 2 atom stereocenters. The molecule has 0 saturated carbocycles. The van der Waals surface area contributed by atoms with Crippen molar-refractivity contribution in [1.82, 2.24) is 4.90 Å². The Bertz CT molecular complexity index is 473. The first-order chi connectivity index (χ1) is 8.50. The summed E-state index contributed by atoms with van der Waals surface area (Å²) in [7, 11) is 1.46. The fourth-order valence-corrected chi connectivity index (χ4v) is 2.06. The molecule has 0 radical (unpaired) electrons. The first-order valence-corrected chi connectivity index (χ1v) is 5.74. The Balaban J connectivity index is 2.33. The summed E-state index contributed by atoms with van der Waals surface area (Å²) in [5.41, 5.74) is 0.686. The van der Waals surface area contributed by atoms with Crippen molar-refractivity contribution >= 4 is 23.5 Å². The summed E-state index contributed by atoms with van der Waals surface area (Å²) in [6.07, 6.45) is -0.678. The third kappa shape index (κ3) is 2.32. The lowest BCUT2D eigenvalue weighted by molar-refractivity contribution is -0.169. The van der Waals surface area contributed by atoms with Gasteiger partial charge in [0.2, 0.25) is 5.91 Å². The van der Waals surface area contributed by atoms with Crippen molar-refractivity contribution < 1.29 is 19.4 Å². The topological polar surface area (TPSA) is 66.8 Å². The van der Waals surface area contributed by atoms with Gasteiger partial charge in [-0.05, 0) is 17.7 Å². The molecule has 0 aromatic heterocycles. The van der Waals surface area contributed by atoms with Crippen LogP contribution in [0.4, 0.5) is 0 Å². The lowest BCUT2D eigenvalue weighted by Crippen LogP contribution is -2.52. The molecule has 96 valence electrons. The Morgan fingerprint density at radius 1 is 1.44 bits per heavy atom. The van der Waals surface area contributed by atoms with Crippen molar-refractivity contribution in [2.75, 3.05) is 13.7 Å². The van der Waals surface area contributed by atoms with Gasteiger partial charge in [0.15, 0.2) is 6.04 Å². The van der Waals surface area contributed by atoms with Crippen LogP contribution in [0.1, 0.15) is 11.7 Å². The van der Waals surface area contributed by atoms with Gasteiger partial charge < -0.3 is 14.7 Å². The van der Waals surface area contributed by atoms with E-state index in [1.54, 1.807) is 24.3 Å². The lowest BCUT2D eigenvalue weighted by atomic mass is 9.99. The van der Waals surface area contributed by atoms with Gasteiger partial charge in [0.05, 0.1) is 0 Å². The smallest absolute Gasteiger partial charge is 0.329 e. The predicted molar refractivity (Wildman–Crippen MR) is 64.3 cm³/mol. The molecule has 5 nitrogen and oxygen atoms in total. The molecular formula is C12H12ClNO4. The number of likely N-dealkylation sites (N-methyl/N-ethyl adjacent to an activating group) is 1. The van der Waals surface area contributed by atoms with Gasteiger partial charge in [-0.2, -0.15) is 0 Å². The molecule has 6 heteroatoms. The van der Waals surface area contributed by atoms with Crippen molar-refractivity contribution in [3.63, 3.8) is 0 Å². The zero-order valence-corrected chi connectivity index (χ0v) is 10.4. The number of carboxylic acids is 1. The fourth-order valence-electron chi connectivity index (χ4n) is 1.94. The van der Waals surface area contributed by atoms with E-state index in [-0.39, 0.29) is 12.5 Å². The number of hydrogen-bond donors (Lipinski definition) is 1. The monoisotopic (exact) mass is 269 g/mol. The van der Waals surface area contributed by atoms with Gasteiger partial charge in [0, 0.05) is 12.1 Å². The number of carboxylic acid groups (broad SMARTS) is 1. The molecule has 0 aliphatic carbocycles. The zero-order chi connectivity index (χ0) is 13.3. The number of rotatable bonds is 2. The SMILES string of the molecule is CN1C(=O)COC(c2ccc(Cl)cc2)C1C(=O)O. The average molecular weight is 270 g/mol. The average Bonchev–Trinajstić information content (AvgIpc) is 2.33. The van der Waals surface area contributed by atoms with Gasteiger partial charge in [-0.3, -0.25) is 4.79 Å². The second-order valence-corrected chi connectivity index (χ2v) is 4.51. The molecule has 2 unspecified atom stereocenters. The number of hydrogen-bond acceptors (Lipinski definition) is 3. The molecule has 18 heavy (non-hydrogen) atoms. The highest BCUT2D eigenvalue weighted by Gasteiger charge is 2.40. The number of benzene rings is 1. The van der Waals surface area contributed by atoms with Crippen LogP contribution in [0.15, 0.2) is 24.3 Å². The molecule has 1 aliphatic rings. The minimum atomic E-state index is -1.09. The summed E-state index contributed by atoms with van der Waals surface area (Å²) in [5.74, 6) is -1.43. The molecule has 1 fully saturated rings. The highest BCUT2D eigenvalue weighted by Crippen LogP contribution is 2.29. The molecule has 1 N–H and O–H groups in total. The van der Waals surface area contributed by atoms with Crippen LogP contribution >= 0.6 is 11.6 Å². The van der Waals surface area contributed by atoms with Crippen LogP contribution in [-0.2, 0) is 14.3 Å². The van der Waals surface area contributed by atoms with Gasteiger partial charge in [0.1, 0.15) is 12.7 Å². The van der Waals surface area contributed by atoms with Crippen LogP contribution in [0.3, 0.4) is 0 Å². The normalized spacial score (nSPS) is 24.1. The number of carbonyl (C=O) groups excluding carboxylic acids is 1. The summed E-state index contributed by atoms with van der Waals surface area (Å²) < 4.78 is 5.35. The van der Waals surface area contributed by atoms with E-state index in [0.717, 1.165) is 0 Å². The molecule has 1 aromatic carbocycles. The lowest BCUT2D eigenvalue weighted by Gasteiger charge is -2.36. The Labute approximate surface area is 109 Å². The summed E-state index contributed by atoms with van der Waals surface area (Å²) in [6, 6.07) is 5.71. The number of nitrogens with zero attached hydrogens (tertiary/aromatic N) is 1. The number of carbonyl (C=O) groups is 2. The molecule has 1 aromatic rings. The number of morpholine rings is 1. The maximum atomic E-state index is 11.5. The Morgan fingerprint density at radius 2 is 2.06 bits per heavy atom. The van der Waals surface area contributed by atoms with E-state index in [2.05, 4.69) is 0 Å². The minimum absolute atomic E-state index is 0.117. The number of halogens is 1. The van der Waals surface area contributed by atoms with E-state index in [4.69, 9.17) is 16.3 Å². The van der Waals surface area contributed by atoms with Crippen molar-refractivity contribution in [2.24, 2.45) is 0 Å². The highest BCUT2D eigenvalue weighted by molar-refractivity contribution is 6.30. The molecule has 1 saturated heterocycles. The number of amides is 1. The maximum absolute atomic E-state index is 11.5. The van der Waals surface area contributed by atoms with E-state index in [1.807, 2.05) is 0 Å². The van der Waals surface area contributed by atoms with Gasteiger partial charge in [-0.1, -0.05) is 23.7 Å². The standard InChI is InChI=1S/C12H12ClNO4/c1-14-9(15)6-18-11(10(14)12(16)17)7-2-4-8(13)5-3-7/h2-5,10-11H,6H2,1H3,(H,16,17). The van der Waals surface area contributed by atoms with Crippen molar-refractivity contribution in [2.45, 2.75) is 12.1 Å². The highest BCUT2D eigenvalue weighted by atomic mass is 35.5. The van der Waals surface area contributed by atoms with Crippen LogP contribution in [0.2, 0.25) is 5.02 Å². The Hall–Kier alpha value is -1.59. The van der Waals surface area contributed by atoms with Crippen LogP contribution in [0, 0.1) is 0 Å². The third-order valence-corrected chi connectivity index (χ3v) is 3.19. The number of aliphatic carboxylic acids is 1. The summed E-state index contributed by atoms with van der Waals surface area (Å²) in [6.45, 7) is -0.117. The second-order valence-electron chi connectivity index (χ2n) is 4.07. The summed E-state index contributed by atoms with van der Waals surface area (Å²) in [5, 5.41) is 9.77. The van der Waals surface area contributed by atoms with Crippen LogP contribution in [0.5, 0.6) is 0 Å². The quantitative estimate of drug-likeness (QED) is 0.879. The maximum Gasteiger partial charge on any atom is 0.329 e. The Morgan fingerprint density at radius 3 is 2.61 bits per heavy atom. The van der Waals surface area contributed by atoms with Crippen LogP contribution < -0.4 is 0 Å². The van der Waals surface area contributed by atoms with E-state index < -0.39 is 18.1 Å². The van der Waals surface area contributed by atoms with Gasteiger partial charge in [-0.25, -0.2) is 4.79 Å². The van der Waals surface area contributed by atoms with E-state index >= 15 is 0 Å². The van der Waals surface area contributed by atoms with Crippen molar-refractivity contribution in [3.8, 4) is 0 Å². The summed E-state index contributed by atoms with van der Waals surface area (Å²) >= 11 is 5.78. The van der Waals surface area contributed by atoms with Gasteiger partial charge in [-0.15, -0.1) is 0 Å². The van der Waals surface area contributed by atoms with Crippen LogP contribution in [0.25, 0.3) is 0 Å². The second kappa shape index (κ2) is 4.96. The largest absolute Gasteiger partial charge is 0.480 e. The van der Waals surface area contributed by atoms with E-state index in [0.29, 0.717) is 10.6 Å². The minimum Gasteiger partial charge on any atom is -0.480 e. The molecule has 0 bridgehead atoms. The number of ether oxygens (including phenoxy) is 1. The van der Waals surface area contributed by atoms with Crippen LogP contribution in [-0.4, -0.2) is 41.6 Å². The molecular weight excluding hydrogens is 258 g/mol. The zero-order valence-electron chi connectivity index (χ0n) is 9.67. The van der Waals surface area contributed by atoms with E-state index in [1.165, 1.54) is 11.9 Å². The summed E-state index contributed by atoms with van der Waals surface area (Å²) in [4.78, 5) is 23.9. The van der Waals surface area contributed by atoms with Crippen molar-refractivity contribution in [3.05, 3.63) is 34.9 Å². The van der Waals surface area contributed by atoms with Crippen molar-refractivity contribution in [1.29, 1.82) is 0 Å². The van der Waals surface area contributed by atoms with E-state index in [9.17, 15) is 14.7 Å². The Kier molecular flexibility index (Phi) is 3.54. The van der Waals surface area contributed by atoms with Gasteiger partial charge >= 0.3 is 5.97 Å². The molecule has 1 amide bonds. The molecule has 1 heterocycles. The fraction of sp³-hybridized carbons (Fsp3) is 0.333. The molecule has 2 rings (SSSR count). The first kappa shape index (κ1) is 12.9. The van der Waals surface area contributed by atoms with Gasteiger partial charge in [0.25, 0.3) is 0 Å². The molecule has 0 spiro atoms. The predicted octanol–water partition coefficient (Wildman–Crippen LogP) is 1.32. The first-order valence-electron chi connectivity index (χ1n) is 5.36. The third-order valence-electron chi connectivity index (χ3n) is 2.94. The molecule has 1 aliphatic heterocycles.